The molecular weight excluding hydrogens is 519 g/mol. The van der Waals surface area contributed by atoms with Gasteiger partial charge in [0.2, 0.25) is 18.2 Å². The SMILES string of the molecule is CO[Si](C)(C)O[Si](C)(CCCP(=O)(C(=O)c1c(C)cc(C)cc1C)C(=O)c1c(C)cc(C)cc1C)OC. The molecule has 2 aromatic rings. The van der Waals surface area contributed by atoms with Gasteiger partial charge in [-0.3, -0.25) is 9.59 Å². The Hall–Kier alpha value is -1.68. The highest BCUT2D eigenvalue weighted by Gasteiger charge is 2.44. The molecule has 0 radical (unpaired) electrons. The lowest BCUT2D eigenvalue weighted by molar-refractivity contribution is 0.103. The van der Waals surface area contributed by atoms with Gasteiger partial charge in [0.1, 0.15) is 0 Å². The highest BCUT2D eigenvalue weighted by Crippen LogP contribution is 2.54. The Morgan fingerprint density at radius 2 is 1.11 bits per heavy atom. The van der Waals surface area contributed by atoms with E-state index < -0.39 is 35.3 Å². The summed E-state index contributed by atoms with van der Waals surface area (Å²) < 4.78 is 32.4. The first-order valence-electron chi connectivity index (χ1n) is 12.7. The Balaban J connectivity index is 2.56. The van der Waals surface area contributed by atoms with Crippen molar-refractivity contribution in [1.29, 1.82) is 0 Å². The van der Waals surface area contributed by atoms with Gasteiger partial charge >= 0.3 is 17.1 Å². The minimum atomic E-state index is -4.02. The molecule has 0 amide bonds. The smallest absolute Gasteiger partial charge is 0.325 e. The monoisotopic (exact) mass is 562 g/mol. The molecule has 1 atom stereocenters. The summed E-state index contributed by atoms with van der Waals surface area (Å²) in [7, 11) is -5.85. The molecule has 0 N–H and O–H groups in total. The van der Waals surface area contributed by atoms with E-state index in [-0.39, 0.29) is 6.16 Å². The van der Waals surface area contributed by atoms with Crippen LogP contribution in [0.1, 0.15) is 60.5 Å². The van der Waals surface area contributed by atoms with Crippen LogP contribution in [0.2, 0.25) is 25.7 Å². The molecule has 0 aliphatic heterocycles. The molecule has 37 heavy (non-hydrogen) atoms. The van der Waals surface area contributed by atoms with Crippen LogP contribution in [-0.2, 0) is 17.5 Å². The van der Waals surface area contributed by atoms with Crippen LogP contribution >= 0.6 is 7.14 Å². The van der Waals surface area contributed by atoms with Gasteiger partial charge in [-0.2, -0.15) is 0 Å². The van der Waals surface area contributed by atoms with Crippen molar-refractivity contribution < 1.29 is 27.1 Å². The molecule has 1 unspecified atom stereocenters. The normalized spacial score (nSPS) is 13.9. The maximum Gasteiger partial charge on any atom is 0.325 e. The molecule has 0 aliphatic rings. The third-order valence-electron chi connectivity index (χ3n) is 6.93. The molecule has 0 aromatic heterocycles. The first-order valence-corrected chi connectivity index (χ1v) is 19.9. The third-order valence-corrected chi connectivity index (χ3v) is 16.4. The van der Waals surface area contributed by atoms with Gasteiger partial charge in [-0.15, -0.1) is 0 Å². The van der Waals surface area contributed by atoms with Crippen molar-refractivity contribution in [3.63, 3.8) is 0 Å². The van der Waals surface area contributed by atoms with E-state index in [1.165, 1.54) is 0 Å². The van der Waals surface area contributed by atoms with E-state index >= 15 is 0 Å². The van der Waals surface area contributed by atoms with Crippen LogP contribution < -0.4 is 0 Å². The number of aryl methyl sites for hydroxylation is 6. The first kappa shape index (κ1) is 31.5. The zero-order valence-corrected chi connectivity index (χ0v) is 27.2. The molecular formula is C28H43O6PSi2. The molecule has 0 heterocycles. The van der Waals surface area contributed by atoms with Crippen molar-refractivity contribution in [2.45, 2.75) is 73.6 Å². The van der Waals surface area contributed by atoms with Gasteiger partial charge in [0.05, 0.1) is 0 Å². The fraction of sp³-hybridized carbons (Fsp3) is 0.500. The predicted molar refractivity (Wildman–Crippen MR) is 156 cm³/mol. The molecule has 0 fully saturated rings. The quantitative estimate of drug-likeness (QED) is 0.199. The van der Waals surface area contributed by atoms with Gasteiger partial charge < -0.3 is 17.5 Å². The molecule has 2 aromatic carbocycles. The van der Waals surface area contributed by atoms with E-state index in [4.69, 9.17) is 13.0 Å². The molecule has 0 aliphatic carbocycles. The van der Waals surface area contributed by atoms with Crippen LogP contribution in [0.4, 0.5) is 0 Å². The van der Waals surface area contributed by atoms with Gasteiger partial charge in [0.15, 0.2) is 0 Å². The van der Waals surface area contributed by atoms with E-state index in [1.54, 1.807) is 14.2 Å². The van der Waals surface area contributed by atoms with Gasteiger partial charge in [0.25, 0.3) is 0 Å². The number of rotatable bonds is 12. The zero-order chi connectivity index (χ0) is 28.3. The molecule has 204 valence electrons. The van der Waals surface area contributed by atoms with Gasteiger partial charge in [-0.1, -0.05) is 35.4 Å². The lowest BCUT2D eigenvalue weighted by Gasteiger charge is -2.33. The van der Waals surface area contributed by atoms with Crippen LogP contribution in [0.25, 0.3) is 0 Å². The van der Waals surface area contributed by atoms with Crippen molar-refractivity contribution in [2.75, 3.05) is 20.4 Å². The minimum absolute atomic E-state index is 0.0333. The van der Waals surface area contributed by atoms with Crippen LogP contribution in [0.5, 0.6) is 0 Å². The Bertz CT molecular complexity index is 1120. The molecule has 0 bridgehead atoms. The summed E-state index contributed by atoms with van der Waals surface area (Å²) in [5.41, 5.74) is 4.64. The van der Waals surface area contributed by atoms with Crippen molar-refractivity contribution in [2.24, 2.45) is 0 Å². The van der Waals surface area contributed by atoms with E-state index in [9.17, 15) is 14.2 Å². The summed E-state index contributed by atoms with van der Waals surface area (Å²) in [5.74, 6) is 0. The van der Waals surface area contributed by atoms with Crippen molar-refractivity contribution in [3.05, 3.63) is 68.8 Å². The minimum Gasteiger partial charge on any atom is -0.415 e. The molecule has 0 spiro atoms. The second-order valence-electron chi connectivity index (χ2n) is 10.8. The molecule has 9 heteroatoms. The van der Waals surface area contributed by atoms with E-state index in [0.29, 0.717) is 23.6 Å². The summed E-state index contributed by atoms with van der Waals surface area (Å²) in [4.78, 5) is 28.2. The van der Waals surface area contributed by atoms with E-state index in [2.05, 4.69) is 0 Å². The summed E-state index contributed by atoms with van der Waals surface area (Å²) >= 11 is 0. The Labute approximate surface area is 225 Å². The highest BCUT2D eigenvalue weighted by molar-refractivity contribution is 7.95. The lowest BCUT2D eigenvalue weighted by Crippen LogP contribution is -2.49. The van der Waals surface area contributed by atoms with Crippen molar-refractivity contribution in [3.8, 4) is 0 Å². The third kappa shape index (κ3) is 7.25. The number of carbonyl (C=O) groups excluding carboxylic acids is 2. The Morgan fingerprint density at radius 3 is 1.43 bits per heavy atom. The van der Waals surface area contributed by atoms with Gasteiger partial charge in [-0.05, 0) is 95.9 Å². The summed E-state index contributed by atoms with van der Waals surface area (Å²) in [6.45, 7) is 17.1. The standard InChI is InChI=1S/C28H43O6PSi2/c1-19-15-21(3)25(22(4)16-19)27(29)35(31,28(30)26-23(5)17-20(2)18-24(26)6)13-12-14-37(11,33-8)34-36(9,10)32-7/h15-18H,12-14H2,1-11H3. The number of hydrogen-bond donors (Lipinski definition) is 0. The maximum atomic E-state index is 14.7. The second kappa shape index (κ2) is 12.0. The largest absolute Gasteiger partial charge is 0.415 e. The van der Waals surface area contributed by atoms with Crippen LogP contribution in [0, 0.1) is 41.5 Å². The number of hydrogen-bond acceptors (Lipinski definition) is 6. The fourth-order valence-electron chi connectivity index (χ4n) is 5.07. The highest BCUT2D eigenvalue weighted by atomic mass is 31.2. The maximum absolute atomic E-state index is 14.7. The van der Waals surface area contributed by atoms with Gasteiger partial charge in [0, 0.05) is 31.5 Å². The second-order valence-corrected chi connectivity index (χ2v) is 20.7. The molecule has 0 saturated carbocycles. The summed E-state index contributed by atoms with van der Waals surface area (Å²) in [6, 6.07) is 8.09. The summed E-state index contributed by atoms with van der Waals surface area (Å²) in [5, 5.41) is 0. The number of benzene rings is 2. The lowest BCUT2D eigenvalue weighted by atomic mass is 10.0. The average molecular weight is 563 g/mol. The zero-order valence-electron chi connectivity index (χ0n) is 24.3. The van der Waals surface area contributed by atoms with Crippen molar-refractivity contribution >= 4 is 35.3 Å². The topological polar surface area (TPSA) is 78.9 Å². The predicted octanol–water partition coefficient (Wildman–Crippen LogP) is 7.35. The van der Waals surface area contributed by atoms with E-state index in [0.717, 1.165) is 33.4 Å². The van der Waals surface area contributed by atoms with Crippen LogP contribution in [-0.4, -0.2) is 48.6 Å². The Morgan fingerprint density at radius 1 is 0.730 bits per heavy atom. The first-order chi connectivity index (χ1) is 17.0. The number of carbonyl (C=O) groups is 2. The average Bonchev–Trinajstić information content (AvgIpc) is 2.77. The molecule has 0 saturated heterocycles. The molecule has 6 nitrogen and oxygen atoms in total. The van der Waals surface area contributed by atoms with Crippen LogP contribution in [0.3, 0.4) is 0 Å². The van der Waals surface area contributed by atoms with Crippen molar-refractivity contribution in [1.82, 2.24) is 0 Å². The van der Waals surface area contributed by atoms with Gasteiger partial charge in [-0.25, -0.2) is 0 Å². The summed E-state index contributed by atoms with van der Waals surface area (Å²) in [6.07, 6.45) is 0.335. The van der Waals surface area contributed by atoms with Crippen LogP contribution in [0.15, 0.2) is 24.3 Å². The molecule has 2 rings (SSSR count). The fourth-order valence-corrected chi connectivity index (χ4v) is 14.2. The Kier molecular flexibility index (Phi) is 10.2. The van der Waals surface area contributed by atoms with E-state index in [1.807, 2.05) is 85.4 Å².